The molecule has 4 aromatic heterocycles. The summed E-state index contributed by atoms with van der Waals surface area (Å²) in [6.07, 6.45) is 6.36. The first kappa shape index (κ1) is 20.5. The number of benzene rings is 1. The minimum Gasteiger partial charge on any atom is -0.384 e. The Bertz CT molecular complexity index is 1640. The van der Waals surface area contributed by atoms with Gasteiger partial charge in [0.25, 0.3) is 5.56 Å². The predicted molar refractivity (Wildman–Crippen MR) is 126 cm³/mol. The normalized spacial score (nSPS) is 14.5. The van der Waals surface area contributed by atoms with E-state index in [0.717, 1.165) is 23.4 Å². The van der Waals surface area contributed by atoms with Crippen molar-refractivity contribution in [2.24, 2.45) is 0 Å². The Morgan fingerprint density at radius 3 is 2.77 bits per heavy atom. The third kappa shape index (κ3) is 3.53. The number of nitriles is 1. The van der Waals surface area contributed by atoms with Crippen molar-refractivity contribution in [2.45, 2.75) is 18.9 Å². The van der Waals surface area contributed by atoms with Crippen molar-refractivity contribution >= 4 is 5.82 Å². The number of aryl methyl sites for hydroxylation is 1. The van der Waals surface area contributed by atoms with E-state index in [1.54, 1.807) is 47.3 Å². The second-order valence-electron chi connectivity index (χ2n) is 8.25. The molecule has 1 aromatic carbocycles. The Morgan fingerprint density at radius 2 is 2.00 bits per heavy atom. The third-order valence-corrected chi connectivity index (χ3v) is 6.17. The van der Waals surface area contributed by atoms with Crippen LogP contribution in [0.15, 0.2) is 66.0 Å². The van der Waals surface area contributed by atoms with Crippen LogP contribution in [0.5, 0.6) is 0 Å². The Hall–Kier alpha value is -5.11. The van der Waals surface area contributed by atoms with Gasteiger partial charge in [0.2, 0.25) is 0 Å². The highest BCUT2D eigenvalue weighted by atomic mass is 16.1. The molecule has 0 unspecified atom stereocenters. The summed E-state index contributed by atoms with van der Waals surface area (Å²) < 4.78 is 3.29. The maximum Gasteiger partial charge on any atom is 0.252 e. The first-order chi connectivity index (χ1) is 17.1. The zero-order valence-corrected chi connectivity index (χ0v) is 18.3. The molecular weight excluding hydrogens is 444 g/mol. The molecule has 6 rings (SSSR count). The molecule has 3 N–H and O–H groups in total. The fraction of sp³-hybridized carbons (Fsp3) is 0.125. The number of aromatic nitrogens is 8. The van der Waals surface area contributed by atoms with E-state index in [2.05, 4.69) is 36.5 Å². The number of nitrogens with zero attached hydrogens (tertiary/aromatic N) is 8. The maximum absolute atomic E-state index is 13.3. The van der Waals surface area contributed by atoms with Gasteiger partial charge in [-0.2, -0.15) is 9.94 Å². The second kappa shape index (κ2) is 8.03. The van der Waals surface area contributed by atoms with Gasteiger partial charge in [-0.3, -0.25) is 4.79 Å². The minimum absolute atomic E-state index is 0.142. The number of nitrogens with two attached hydrogens (primary N) is 1. The van der Waals surface area contributed by atoms with Crippen molar-refractivity contribution < 1.29 is 0 Å². The van der Waals surface area contributed by atoms with Crippen LogP contribution < -0.4 is 11.3 Å². The van der Waals surface area contributed by atoms with Crippen LogP contribution in [-0.4, -0.2) is 39.7 Å². The highest BCUT2D eigenvalue weighted by molar-refractivity contribution is 5.74. The second-order valence-corrected chi connectivity index (χ2v) is 8.25. The standard InChI is InChI=1S/C24H18N10O/c25-10-14-1-4-20(33-13-29-31-32-33)18(7-14)16-8-17-3-5-21(34(17)23(35)9-16)24-28-12-19(30-24)15-2-6-22(26)27-11-15/h1-2,4,6-9,11-13,21H,3,5H2,(H2,26,27)(H,28,30)/t21-/m0/s1. The fourth-order valence-electron chi connectivity index (χ4n) is 4.53. The molecule has 0 fully saturated rings. The van der Waals surface area contributed by atoms with Crippen LogP contribution in [0.1, 0.15) is 29.5 Å². The van der Waals surface area contributed by atoms with E-state index in [1.165, 1.54) is 11.0 Å². The number of nitrogen functional groups attached to an aromatic ring is 1. The SMILES string of the molecule is N#Cc1ccc(-n2cnnn2)c(-c2cc3n(c(=O)c2)[C@H](c2ncc(-c4ccc(N)nc4)[nH]2)CC3)c1. The molecule has 1 aliphatic heterocycles. The lowest BCUT2D eigenvalue weighted by Crippen LogP contribution is -2.23. The van der Waals surface area contributed by atoms with Crippen molar-refractivity contribution in [1.82, 2.24) is 39.7 Å². The molecule has 11 heteroatoms. The Kier molecular flexibility index (Phi) is 4.70. The molecule has 11 nitrogen and oxygen atoms in total. The van der Waals surface area contributed by atoms with Crippen molar-refractivity contribution in [2.75, 3.05) is 5.73 Å². The summed E-state index contributed by atoms with van der Waals surface area (Å²) in [6, 6.07) is 14.3. The molecule has 35 heavy (non-hydrogen) atoms. The summed E-state index contributed by atoms with van der Waals surface area (Å²) in [6.45, 7) is 0. The molecule has 0 saturated carbocycles. The van der Waals surface area contributed by atoms with Gasteiger partial charge < -0.3 is 15.3 Å². The molecule has 0 amide bonds. The molecule has 170 valence electrons. The van der Waals surface area contributed by atoms with E-state index < -0.39 is 0 Å². The summed E-state index contributed by atoms with van der Waals surface area (Å²) in [4.78, 5) is 25.4. The summed E-state index contributed by atoms with van der Waals surface area (Å²) in [5, 5.41) is 20.8. The van der Waals surface area contributed by atoms with Crippen LogP contribution in [0.3, 0.4) is 0 Å². The van der Waals surface area contributed by atoms with Crippen LogP contribution in [-0.2, 0) is 6.42 Å². The lowest BCUT2D eigenvalue weighted by Gasteiger charge is -2.15. The van der Waals surface area contributed by atoms with Gasteiger partial charge in [-0.25, -0.2) is 9.97 Å². The number of pyridine rings is 2. The molecule has 0 spiro atoms. The van der Waals surface area contributed by atoms with Crippen molar-refractivity contribution in [3.8, 4) is 34.1 Å². The number of H-pyrrole nitrogens is 1. The third-order valence-electron chi connectivity index (χ3n) is 6.17. The number of fused-ring (bicyclic) bond motifs is 1. The summed E-state index contributed by atoms with van der Waals surface area (Å²) in [5.74, 6) is 1.16. The van der Waals surface area contributed by atoms with Gasteiger partial charge in [0.1, 0.15) is 18.0 Å². The molecule has 0 aliphatic carbocycles. The highest BCUT2D eigenvalue weighted by Crippen LogP contribution is 2.33. The number of hydrogen-bond donors (Lipinski definition) is 2. The fourth-order valence-corrected chi connectivity index (χ4v) is 4.53. The molecular formula is C24H18N10O. The minimum atomic E-state index is -0.202. The quantitative estimate of drug-likeness (QED) is 0.412. The van der Waals surface area contributed by atoms with Gasteiger partial charge in [0.15, 0.2) is 0 Å². The van der Waals surface area contributed by atoms with Gasteiger partial charge in [-0.05, 0) is 65.2 Å². The Balaban J connectivity index is 1.40. The Morgan fingerprint density at radius 1 is 1.09 bits per heavy atom. The van der Waals surface area contributed by atoms with Gasteiger partial charge in [-0.1, -0.05) is 0 Å². The van der Waals surface area contributed by atoms with Crippen molar-refractivity contribution in [3.05, 3.63) is 88.6 Å². The van der Waals surface area contributed by atoms with Crippen LogP contribution in [0.4, 0.5) is 5.82 Å². The number of rotatable bonds is 4. The predicted octanol–water partition coefficient (Wildman–Crippen LogP) is 2.27. The lowest BCUT2D eigenvalue weighted by atomic mass is 10.0. The van der Waals surface area contributed by atoms with Crippen molar-refractivity contribution in [1.29, 1.82) is 5.26 Å². The summed E-state index contributed by atoms with van der Waals surface area (Å²) in [5.41, 5.74) is 10.7. The van der Waals surface area contributed by atoms with Gasteiger partial charge in [0.05, 0.1) is 35.3 Å². The number of tetrazole rings is 1. The first-order valence-electron chi connectivity index (χ1n) is 10.9. The van der Waals surface area contributed by atoms with Crippen LogP contribution >= 0.6 is 0 Å². The van der Waals surface area contributed by atoms with Crippen LogP contribution in [0, 0.1) is 11.3 Å². The van der Waals surface area contributed by atoms with E-state index in [9.17, 15) is 10.1 Å². The van der Waals surface area contributed by atoms with Gasteiger partial charge in [0, 0.05) is 29.1 Å². The van der Waals surface area contributed by atoms with Crippen LogP contribution in [0.2, 0.25) is 0 Å². The average molecular weight is 462 g/mol. The number of hydrogen-bond acceptors (Lipinski definition) is 8. The molecule has 1 aliphatic rings. The van der Waals surface area contributed by atoms with E-state index in [0.29, 0.717) is 40.4 Å². The molecule has 0 radical (unpaired) electrons. The smallest absolute Gasteiger partial charge is 0.252 e. The first-order valence-corrected chi connectivity index (χ1v) is 10.9. The molecule has 0 saturated heterocycles. The summed E-state index contributed by atoms with van der Waals surface area (Å²) in [7, 11) is 0. The molecule has 0 bridgehead atoms. The monoisotopic (exact) mass is 462 g/mol. The zero-order valence-electron chi connectivity index (χ0n) is 18.3. The van der Waals surface area contributed by atoms with Gasteiger partial charge >= 0.3 is 0 Å². The number of imidazole rings is 1. The number of anilines is 1. The molecule has 1 atom stereocenters. The highest BCUT2D eigenvalue weighted by Gasteiger charge is 2.28. The van der Waals surface area contributed by atoms with Gasteiger partial charge in [-0.15, -0.1) is 5.10 Å². The largest absolute Gasteiger partial charge is 0.384 e. The van der Waals surface area contributed by atoms with E-state index in [1.807, 2.05) is 12.1 Å². The Labute approximate surface area is 198 Å². The number of aromatic amines is 1. The van der Waals surface area contributed by atoms with E-state index in [-0.39, 0.29) is 11.6 Å². The van der Waals surface area contributed by atoms with E-state index >= 15 is 0 Å². The lowest BCUT2D eigenvalue weighted by molar-refractivity contribution is 0.572. The summed E-state index contributed by atoms with van der Waals surface area (Å²) >= 11 is 0. The maximum atomic E-state index is 13.3. The van der Waals surface area contributed by atoms with E-state index in [4.69, 9.17) is 5.73 Å². The van der Waals surface area contributed by atoms with Crippen LogP contribution in [0.25, 0.3) is 28.1 Å². The topological polar surface area (TPSA) is 157 Å². The van der Waals surface area contributed by atoms with Crippen molar-refractivity contribution in [3.63, 3.8) is 0 Å². The zero-order chi connectivity index (χ0) is 23.9. The number of nitrogens with one attached hydrogen (secondary N) is 1. The molecule has 5 heterocycles. The molecule has 5 aromatic rings. The average Bonchev–Trinajstić information content (AvgIpc) is 3.65.